The minimum absolute atomic E-state index is 0.939. The molecule has 2 saturated carbocycles. The average molecular weight is 214 g/mol. The standard InChI is InChI=1S/C16H22/c1-2-11(1)15-9-7-14-6-5-13(15)8-10-16(14)12-3-4-12/h9-14H,1-8H2/t13-,14-/m0/s1. The number of allylic oxidation sites excluding steroid dienone is 4. The van der Waals surface area contributed by atoms with Gasteiger partial charge in [0.15, 0.2) is 0 Å². The SMILES string of the molecule is C1=C(C2CC2)[C@@H]2CC=C(C3CC3)[C@H](C1)CC2. The Labute approximate surface area is 98.8 Å². The molecule has 0 aromatic heterocycles. The third-order valence-electron chi connectivity index (χ3n) is 5.18. The highest BCUT2D eigenvalue weighted by atomic mass is 14.4. The van der Waals surface area contributed by atoms with Gasteiger partial charge in [0.2, 0.25) is 0 Å². The molecule has 16 heavy (non-hydrogen) atoms. The maximum atomic E-state index is 2.66. The highest BCUT2D eigenvalue weighted by molar-refractivity contribution is 5.27. The molecule has 4 aliphatic rings. The van der Waals surface area contributed by atoms with Crippen LogP contribution in [0.5, 0.6) is 0 Å². The molecule has 2 fully saturated rings. The van der Waals surface area contributed by atoms with E-state index in [0.717, 1.165) is 23.7 Å². The van der Waals surface area contributed by atoms with Gasteiger partial charge in [0.05, 0.1) is 0 Å². The molecule has 0 heterocycles. The zero-order valence-corrected chi connectivity index (χ0v) is 10.1. The van der Waals surface area contributed by atoms with E-state index < -0.39 is 0 Å². The molecule has 86 valence electrons. The molecule has 0 amide bonds. The first-order chi connectivity index (χ1) is 7.92. The Balaban J connectivity index is 1.62. The number of hydrogen-bond donors (Lipinski definition) is 0. The molecule has 0 N–H and O–H groups in total. The van der Waals surface area contributed by atoms with Crippen LogP contribution in [-0.2, 0) is 0 Å². The second-order valence-corrected chi connectivity index (χ2v) is 6.40. The van der Waals surface area contributed by atoms with E-state index in [0.29, 0.717) is 0 Å². The van der Waals surface area contributed by atoms with Crippen LogP contribution in [0.3, 0.4) is 0 Å². The Hall–Kier alpha value is -0.520. The van der Waals surface area contributed by atoms with E-state index in [1.54, 1.807) is 0 Å². The quantitative estimate of drug-likeness (QED) is 0.595. The monoisotopic (exact) mass is 214 g/mol. The van der Waals surface area contributed by atoms with Crippen molar-refractivity contribution in [3.8, 4) is 0 Å². The van der Waals surface area contributed by atoms with Crippen LogP contribution < -0.4 is 0 Å². The molecule has 2 bridgehead atoms. The van der Waals surface area contributed by atoms with Crippen molar-refractivity contribution in [1.29, 1.82) is 0 Å². The van der Waals surface area contributed by atoms with Crippen LogP contribution in [0.25, 0.3) is 0 Å². The Bertz CT molecular complexity index is 316. The van der Waals surface area contributed by atoms with Gasteiger partial charge in [-0.15, -0.1) is 0 Å². The smallest absolute Gasteiger partial charge is 0.0166 e. The van der Waals surface area contributed by atoms with E-state index in [1.165, 1.54) is 51.4 Å². The van der Waals surface area contributed by atoms with Crippen molar-refractivity contribution in [2.45, 2.75) is 51.4 Å². The molecule has 0 unspecified atom stereocenters. The first-order valence-electron chi connectivity index (χ1n) is 7.31. The van der Waals surface area contributed by atoms with Crippen LogP contribution >= 0.6 is 0 Å². The third kappa shape index (κ3) is 1.58. The minimum Gasteiger partial charge on any atom is -0.0842 e. The van der Waals surface area contributed by atoms with Gasteiger partial charge in [-0.05, 0) is 75.0 Å². The van der Waals surface area contributed by atoms with Gasteiger partial charge >= 0.3 is 0 Å². The van der Waals surface area contributed by atoms with E-state index >= 15 is 0 Å². The lowest BCUT2D eigenvalue weighted by atomic mass is 9.87. The maximum Gasteiger partial charge on any atom is -0.0166 e. The number of hydrogen-bond acceptors (Lipinski definition) is 0. The fraction of sp³-hybridized carbons (Fsp3) is 0.750. The summed E-state index contributed by atoms with van der Waals surface area (Å²) >= 11 is 0. The lowest BCUT2D eigenvalue weighted by Crippen LogP contribution is -2.05. The minimum atomic E-state index is 0.939. The lowest BCUT2D eigenvalue weighted by molar-refractivity contribution is 0.491. The summed E-state index contributed by atoms with van der Waals surface area (Å²) in [7, 11) is 0. The van der Waals surface area contributed by atoms with Gasteiger partial charge in [-0.1, -0.05) is 23.3 Å². The van der Waals surface area contributed by atoms with Crippen LogP contribution in [0, 0.1) is 23.7 Å². The van der Waals surface area contributed by atoms with E-state index in [-0.39, 0.29) is 0 Å². The Morgan fingerprint density at radius 2 is 0.938 bits per heavy atom. The van der Waals surface area contributed by atoms with Crippen molar-refractivity contribution in [3.63, 3.8) is 0 Å². The van der Waals surface area contributed by atoms with Crippen molar-refractivity contribution in [1.82, 2.24) is 0 Å². The Kier molecular flexibility index (Phi) is 2.07. The lowest BCUT2D eigenvalue weighted by Gasteiger charge is -2.18. The van der Waals surface area contributed by atoms with Gasteiger partial charge in [0.1, 0.15) is 0 Å². The molecule has 0 heteroatoms. The summed E-state index contributed by atoms with van der Waals surface area (Å²) in [4.78, 5) is 0. The zero-order valence-electron chi connectivity index (χ0n) is 10.1. The van der Waals surface area contributed by atoms with Crippen molar-refractivity contribution >= 4 is 0 Å². The summed E-state index contributed by atoms with van der Waals surface area (Å²) in [6.07, 6.45) is 17.0. The first-order valence-corrected chi connectivity index (χ1v) is 7.31. The molecule has 0 aliphatic heterocycles. The highest BCUT2D eigenvalue weighted by Gasteiger charge is 2.37. The van der Waals surface area contributed by atoms with Crippen LogP contribution in [0.15, 0.2) is 23.3 Å². The molecule has 0 aromatic rings. The first kappa shape index (κ1) is 9.50. The van der Waals surface area contributed by atoms with Crippen LogP contribution in [0.4, 0.5) is 0 Å². The second kappa shape index (κ2) is 3.48. The van der Waals surface area contributed by atoms with Gasteiger partial charge in [0, 0.05) is 0 Å². The molecule has 0 saturated heterocycles. The molecule has 4 aliphatic carbocycles. The maximum absolute atomic E-state index is 2.66. The van der Waals surface area contributed by atoms with E-state index in [1.807, 2.05) is 11.1 Å². The summed E-state index contributed by atoms with van der Waals surface area (Å²) in [5, 5.41) is 0. The number of fused-ring (bicyclic) bond motifs is 3. The summed E-state index contributed by atoms with van der Waals surface area (Å²) in [5.74, 6) is 3.90. The van der Waals surface area contributed by atoms with Crippen LogP contribution in [0.1, 0.15) is 51.4 Å². The summed E-state index contributed by atoms with van der Waals surface area (Å²) < 4.78 is 0. The van der Waals surface area contributed by atoms with Gasteiger partial charge in [-0.3, -0.25) is 0 Å². The van der Waals surface area contributed by atoms with E-state index in [2.05, 4.69) is 12.2 Å². The summed E-state index contributed by atoms with van der Waals surface area (Å²) in [5.41, 5.74) is 3.74. The van der Waals surface area contributed by atoms with Crippen molar-refractivity contribution < 1.29 is 0 Å². The van der Waals surface area contributed by atoms with E-state index in [4.69, 9.17) is 0 Å². The summed E-state index contributed by atoms with van der Waals surface area (Å²) in [6, 6.07) is 0. The van der Waals surface area contributed by atoms with E-state index in [9.17, 15) is 0 Å². The largest absolute Gasteiger partial charge is 0.0842 e. The Morgan fingerprint density at radius 1 is 0.562 bits per heavy atom. The highest BCUT2D eigenvalue weighted by Crippen LogP contribution is 2.51. The third-order valence-corrected chi connectivity index (χ3v) is 5.18. The molecular weight excluding hydrogens is 192 g/mol. The molecule has 0 radical (unpaired) electrons. The molecule has 0 spiro atoms. The molecule has 4 rings (SSSR count). The van der Waals surface area contributed by atoms with Gasteiger partial charge in [0.25, 0.3) is 0 Å². The molecule has 2 atom stereocenters. The Morgan fingerprint density at radius 3 is 1.31 bits per heavy atom. The molecular formula is C16H22. The second-order valence-electron chi connectivity index (χ2n) is 6.40. The van der Waals surface area contributed by atoms with Gasteiger partial charge in [-0.25, -0.2) is 0 Å². The van der Waals surface area contributed by atoms with Crippen molar-refractivity contribution in [2.24, 2.45) is 23.7 Å². The number of rotatable bonds is 2. The van der Waals surface area contributed by atoms with Crippen LogP contribution in [-0.4, -0.2) is 0 Å². The topological polar surface area (TPSA) is 0 Å². The summed E-state index contributed by atoms with van der Waals surface area (Å²) in [6.45, 7) is 0. The average Bonchev–Trinajstić information content (AvgIpc) is 3.13. The van der Waals surface area contributed by atoms with Gasteiger partial charge in [-0.2, -0.15) is 0 Å². The fourth-order valence-electron chi connectivity index (χ4n) is 3.97. The van der Waals surface area contributed by atoms with Crippen LogP contribution in [0.2, 0.25) is 0 Å². The molecule has 0 nitrogen and oxygen atoms in total. The zero-order chi connectivity index (χ0) is 10.5. The fourth-order valence-corrected chi connectivity index (χ4v) is 3.97. The normalized spacial score (nSPS) is 38.8. The van der Waals surface area contributed by atoms with Crippen molar-refractivity contribution in [2.75, 3.05) is 0 Å². The van der Waals surface area contributed by atoms with Crippen molar-refractivity contribution in [3.05, 3.63) is 23.3 Å². The van der Waals surface area contributed by atoms with Gasteiger partial charge < -0.3 is 0 Å². The molecule has 0 aromatic carbocycles. The predicted molar refractivity (Wildman–Crippen MR) is 67.1 cm³/mol. The predicted octanol–water partition coefficient (Wildman–Crippen LogP) is 4.48.